The average Bonchev–Trinajstić information content (AvgIpc) is 2.31. The predicted molar refractivity (Wildman–Crippen MR) is 83.3 cm³/mol. The van der Waals surface area contributed by atoms with Gasteiger partial charge in [0.15, 0.2) is 6.04 Å². The van der Waals surface area contributed by atoms with Crippen LogP contribution in [-0.2, 0) is 9.53 Å². The van der Waals surface area contributed by atoms with Crippen LogP contribution in [0, 0.1) is 6.92 Å². The Kier molecular flexibility index (Phi) is 5.39. The third kappa shape index (κ3) is 4.74. The minimum Gasteiger partial charge on any atom is -0.479 e. The van der Waals surface area contributed by atoms with Crippen molar-refractivity contribution in [2.75, 3.05) is 7.05 Å². The van der Waals surface area contributed by atoms with E-state index in [1.165, 1.54) is 7.05 Å². The molecule has 5 nitrogen and oxygen atoms in total. The summed E-state index contributed by atoms with van der Waals surface area (Å²) in [5, 5.41) is 9.44. The van der Waals surface area contributed by atoms with Crippen LogP contribution in [-0.4, -0.2) is 34.7 Å². The van der Waals surface area contributed by atoms with Crippen molar-refractivity contribution in [2.24, 2.45) is 0 Å². The number of carboxylic acids is 1. The Morgan fingerprint density at radius 1 is 1.33 bits per heavy atom. The van der Waals surface area contributed by atoms with Crippen LogP contribution in [0.5, 0.6) is 0 Å². The Labute approximate surface area is 133 Å². The third-order valence-corrected chi connectivity index (χ3v) is 3.69. The highest BCUT2D eigenvalue weighted by Gasteiger charge is 2.31. The number of carbonyl (C=O) groups is 2. The lowest BCUT2D eigenvalue weighted by Gasteiger charge is -2.29. The fraction of sp³-hybridized carbons (Fsp3) is 0.467. The Bertz CT molecular complexity index is 551. The van der Waals surface area contributed by atoms with Crippen molar-refractivity contribution >= 4 is 28.0 Å². The van der Waals surface area contributed by atoms with Gasteiger partial charge in [0.25, 0.3) is 0 Å². The summed E-state index contributed by atoms with van der Waals surface area (Å²) in [6.07, 6.45) is -0.671. The molecule has 1 aromatic carbocycles. The SMILES string of the molecule is Cc1cc(C(C(=O)O)N(C)C(=O)OC(C)(C)C)ccc1Br. The van der Waals surface area contributed by atoms with Crippen molar-refractivity contribution in [3.63, 3.8) is 0 Å². The fourth-order valence-corrected chi connectivity index (χ4v) is 2.06. The molecule has 0 radical (unpaired) electrons. The lowest BCUT2D eigenvalue weighted by Crippen LogP contribution is -2.39. The molecule has 0 aliphatic carbocycles. The number of halogens is 1. The molecule has 0 spiro atoms. The molecule has 0 saturated carbocycles. The number of ether oxygens (including phenoxy) is 1. The van der Waals surface area contributed by atoms with Gasteiger partial charge in [-0.15, -0.1) is 0 Å². The number of nitrogens with zero attached hydrogens (tertiary/aromatic N) is 1. The number of carbonyl (C=O) groups excluding carboxylic acids is 1. The number of aryl methyl sites for hydroxylation is 1. The highest BCUT2D eigenvalue weighted by atomic mass is 79.9. The fourth-order valence-electron chi connectivity index (χ4n) is 1.81. The summed E-state index contributed by atoms with van der Waals surface area (Å²) in [4.78, 5) is 24.7. The molecular formula is C15H20BrNO4. The van der Waals surface area contributed by atoms with Crippen molar-refractivity contribution < 1.29 is 19.4 Å². The summed E-state index contributed by atoms with van der Waals surface area (Å²) < 4.78 is 6.11. The summed E-state index contributed by atoms with van der Waals surface area (Å²) in [5.41, 5.74) is 0.747. The Balaban J connectivity index is 3.09. The van der Waals surface area contributed by atoms with Gasteiger partial charge < -0.3 is 9.84 Å². The monoisotopic (exact) mass is 357 g/mol. The van der Waals surface area contributed by atoms with Crippen LogP contribution in [0.15, 0.2) is 22.7 Å². The molecule has 1 aromatic rings. The van der Waals surface area contributed by atoms with Crippen molar-refractivity contribution in [3.8, 4) is 0 Å². The van der Waals surface area contributed by atoms with Crippen molar-refractivity contribution in [3.05, 3.63) is 33.8 Å². The van der Waals surface area contributed by atoms with Gasteiger partial charge in [0.1, 0.15) is 5.60 Å². The van der Waals surface area contributed by atoms with Gasteiger partial charge >= 0.3 is 12.1 Å². The molecule has 1 rings (SSSR count). The lowest BCUT2D eigenvalue weighted by atomic mass is 10.0. The second-order valence-corrected chi connectivity index (χ2v) is 6.69. The Morgan fingerprint density at radius 2 is 1.90 bits per heavy atom. The van der Waals surface area contributed by atoms with Crippen LogP contribution in [0.2, 0.25) is 0 Å². The molecule has 6 heteroatoms. The molecule has 0 saturated heterocycles. The molecule has 116 valence electrons. The first-order chi connectivity index (χ1) is 9.53. The van der Waals surface area contributed by atoms with Gasteiger partial charge in [0.05, 0.1) is 0 Å². The highest BCUT2D eigenvalue weighted by Crippen LogP contribution is 2.26. The second-order valence-electron chi connectivity index (χ2n) is 5.84. The smallest absolute Gasteiger partial charge is 0.411 e. The molecule has 0 aliphatic rings. The zero-order valence-corrected chi connectivity index (χ0v) is 14.4. The number of hydrogen-bond donors (Lipinski definition) is 1. The first-order valence-corrected chi connectivity index (χ1v) is 7.27. The van der Waals surface area contributed by atoms with E-state index in [0.717, 1.165) is 14.9 Å². The van der Waals surface area contributed by atoms with E-state index in [1.807, 2.05) is 6.92 Å². The average molecular weight is 358 g/mol. The van der Waals surface area contributed by atoms with E-state index in [-0.39, 0.29) is 0 Å². The molecule has 0 aliphatic heterocycles. The van der Waals surface area contributed by atoms with Gasteiger partial charge in [-0.3, -0.25) is 4.90 Å². The largest absolute Gasteiger partial charge is 0.479 e. The van der Waals surface area contributed by atoms with Gasteiger partial charge in [-0.1, -0.05) is 28.1 Å². The first-order valence-electron chi connectivity index (χ1n) is 6.47. The summed E-state index contributed by atoms with van der Waals surface area (Å²) in [5.74, 6) is -1.11. The molecular weight excluding hydrogens is 338 g/mol. The molecule has 1 unspecified atom stereocenters. The number of rotatable bonds is 3. The Morgan fingerprint density at radius 3 is 2.33 bits per heavy atom. The highest BCUT2D eigenvalue weighted by molar-refractivity contribution is 9.10. The zero-order chi connectivity index (χ0) is 16.4. The lowest BCUT2D eigenvalue weighted by molar-refractivity contribution is -0.142. The molecule has 1 atom stereocenters. The predicted octanol–water partition coefficient (Wildman–Crippen LogP) is 3.75. The van der Waals surface area contributed by atoms with E-state index in [9.17, 15) is 14.7 Å². The molecule has 1 N–H and O–H groups in total. The number of aliphatic carboxylic acids is 1. The molecule has 0 fully saturated rings. The van der Waals surface area contributed by atoms with Crippen molar-refractivity contribution in [1.29, 1.82) is 0 Å². The topological polar surface area (TPSA) is 66.8 Å². The van der Waals surface area contributed by atoms with Gasteiger partial charge in [-0.05, 0) is 44.9 Å². The molecule has 0 aromatic heterocycles. The number of hydrogen-bond acceptors (Lipinski definition) is 3. The number of benzene rings is 1. The summed E-state index contributed by atoms with van der Waals surface area (Å²) in [6, 6.07) is 4.09. The first kappa shape index (κ1) is 17.5. The molecule has 0 bridgehead atoms. The quantitative estimate of drug-likeness (QED) is 0.894. The van der Waals surface area contributed by atoms with Gasteiger partial charge in [0, 0.05) is 11.5 Å². The maximum absolute atomic E-state index is 12.1. The standard InChI is InChI=1S/C15H20BrNO4/c1-9-8-10(6-7-11(9)16)12(13(18)19)17(5)14(20)21-15(2,3)4/h6-8,12H,1-5H3,(H,18,19). The van der Waals surface area contributed by atoms with Crippen LogP contribution in [0.3, 0.4) is 0 Å². The summed E-state index contributed by atoms with van der Waals surface area (Å²) >= 11 is 3.37. The van der Waals surface area contributed by atoms with Crippen LogP contribution in [0.1, 0.15) is 37.9 Å². The van der Waals surface area contributed by atoms with Gasteiger partial charge in [-0.25, -0.2) is 9.59 Å². The van der Waals surface area contributed by atoms with Crippen molar-refractivity contribution in [1.82, 2.24) is 4.90 Å². The van der Waals surface area contributed by atoms with Crippen LogP contribution in [0.25, 0.3) is 0 Å². The normalized spacial score (nSPS) is 12.7. The number of likely N-dealkylation sites (N-methyl/N-ethyl adjacent to an activating group) is 1. The summed E-state index contributed by atoms with van der Waals surface area (Å²) in [7, 11) is 1.42. The van der Waals surface area contributed by atoms with E-state index in [1.54, 1.807) is 39.0 Å². The maximum atomic E-state index is 12.1. The Hall–Kier alpha value is -1.56. The van der Waals surface area contributed by atoms with Crippen LogP contribution < -0.4 is 0 Å². The molecule has 0 heterocycles. The van der Waals surface area contributed by atoms with Gasteiger partial charge in [-0.2, -0.15) is 0 Å². The van der Waals surface area contributed by atoms with Gasteiger partial charge in [0.2, 0.25) is 0 Å². The number of carboxylic acid groups (broad SMARTS) is 1. The van der Waals surface area contributed by atoms with E-state index in [4.69, 9.17) is 4.74 Å². The minimum atomic E-state index is -1.11. The molecule has 1 amide bonds. The van der Waals surface area contributed by atoms with Crippen LogP contribution in [0.4, 0.5) is 4.79 Å². The van der Waals surface area contributed by atoms with E-state index in [0.29, 0.717) is 5.56 Å². The number of amides is 1. The maximum Gasteiger partial charge on any atom is 0.411 e. The minimum absolute atomic E-state index is 0.525. The zero-order valence-electron chi connectivity index (χ0n) is 12.8. The van der Waals surface area contributed by atoms with E-state index < -0.39 is 23.7 Å². The third-order valence-electron chi connectivity index (χ3n) is 2.80. The van der Waals surface area contributed by atoms with Crippen molar-refractivity contribution in [2.45, 2.75) is 39.3 Å². The second kappa shape index (κ2) is 6.47. The van der Waals surface area contributed by atoms with Crippen LogP contribution >= 0.6 is 15.9 Å². The van der Waals surface area contributed by atoms with E-state index in [2.05, 4.69) is 15.9 Å². The summed E-state index contributed by atoms with van der Waals surface area (Å²) in [6.45, 7) is 7.06. The molecule has 21 heavy (non-hydrogen) atoms. The van der Waals surface area contributed by atoms with E-state index >= 15 is 0 Å².